The van der Waals surface area contributed by atoms with Crippen LogP contribution in [0.4, 0.5) is 0 Å². The van der Waals surface area contributed by atoms with Crippen molar-refractivity contribution in [3.8, 4) is 0 Å². The van der Waals surface area contributed by atoms with E-state index in [0.717, 1.165) is 6.42 Å². The van der Waals surface area contributed by atoms with Crippen molar-refractivity contribution >= 4 is 0 Å². The van der Waals surface area contributed by atoms with Gasteiger partial charge in [-0.2, -0.15) is 0 Å². The first kappa shape index (κ1) is 14.2. The molecule has 0 saturated carbocycles. The second kappa shape index (κ2) is 5.19. The zero-order chi connectivity index (χ0) is 13.2. The van der Waals surface area contributed by atoms with Gasteiger partial charge in [0.05, 0.1) is 0 Å². The van der Waals surface area contributed by atoms with Crippen LogP contribution in [0.25, 0.3) is 0 Å². The number of rotatable bonds is 4. The van der Waals surface area contributed by atoms with E-state index in [1.807, 2.05) is 0 Å². The molecule has 2 nitrogen and oxygen atoms in total. The third-order valence-corrected chi connectivity index (χ3v) is 4.09. The number of aryl methyl sites for hydroxylation is 2. The van der Waals surface area contributed by atoms with E-state index < -0.39 is 0 Å². The molecule has 0 aliphatic rings. The molecule has 17 heavy (non-hydrogen) atoms. The predicted octanol–water partition coefficient (Wildman–Crippen LogP) is 2.51. The van der Waals surface area contributed by atoms with Crippen LogP contribution in [0.5, 0.6) is 0 Å². The summed E-state index contributed by atoms with van der Waals surface area (Å²) >= 11 is 0. The van der Waals surface area contributed by atoms with Crippen LogP contribution >= 0.6 is 0 Å². The molecule has 0 aliphatic heterocycles. The van der Waals surface area contributed by atoms with E-state index in [9.17, 15) is 0 Å². The average molecular weight is 234 g/mol. The lowest BCUT2D eigenvalue weighted by Crippen LogP contribution is -2.54. The third-order valence-electron chi connectivity index (χ3n) is 4.09. The highest BCUT2D eigenvalue weighted by Crippen LogP contribution is 2.19. The van der Waals surface area contributed by atoms with Gasteiger partial charge in [-0.15, -0.1) is 0 Å². The molecule has 0 saturated heterocycles. The summed E-state index contributed by atoms with van der Waals surface area (Å²) in [4.78, 5) is 2.19. The first-order valence-electron chi connectivity index (χ1n) is 6.24. The third kappa shape index (κ3) is 3.30. The molecule has 1 aromatic rings. The second-order valence-electron chi connectivity index (χ2n) is 5.78. The number of hydrogen-bond acceptors (Lipinski definition) is 2. The molecule has 0 radical (unpaired) electrons. The summed E-state index contributed by atoms with van der Waals surface area (Å²) in [5, 5.41) is 0. The van der Waals surface area contributed by atoms with Crippen LogP contribution < -0.4 is 5.73 Å². The van der Waals surface area contributed by atoms with Crippen molar-refractivity contribution in [2.24, 2.45) is 5.73 Å². The van der Waals surface area contributed by atoms with Crippen LogP contribution in [0.1, 0.15) is 30.5 Å². The minimum atomic E-state index is 0.0127. The Morgan fingerprint density at radius 3 is 2.24 bits per heavy atom. The Labute approximate surface area is 106 Å². The molecule has 1 rings (SSSR count). The summed E-state index contributed by atoms with van der Waals surface area (Å²) in [6.07, 6.45) is 0.923. The van der Waals surface area contributed by atoms with Crippen LogP contribution in [0.15, 0.2) is 18.2 Å². The Bertz CT molecular complexity index is 381. The van der Waals surface area contributed by atoms with Crippen LogP contribution in [0, 0.1) is 13.8 Å². The maximum atomic E-state index is 6.33. The highest BCUT2D eigenvalue weighted by Gasteiger charge is 2.28. The van der Waals surface area contributed by atoms with Crippen molar-refractivity contribution in [1.29, 1.82) is 0 Å². The minimum Gasteiger partial charge on any atom is -0.326 e. The zero-order valence-corrected chi connectivity index (χ0v) is 12.0. The highest BCUT2D eigenvalue weighted by atomic mass is 15.2. The molecule has 2 heteroatoms. The molecular weight excluding hydrogens is 208 g/mol. The van der Waals surface area contributed by atoms with Gasteiger partial charge in [-0.3, -0.25) is 0 Å². The van der Waals surface area contributed by atoms with Crippen LogP contribution in [0.2, 0.25) is 0 Å². The van der Waals surface area contributed by atoms with E-state index in [4.69, 9.17) is 5.73 Å². The minimum absolute atomic E-state index is 0.0127. The molecule has 0 amide bonds. The van der Waals surface area contributed by atoms with Gasteiger partial charge >= 0.3 is 0 Å². The predicted molar refractivity (Wildman–Crippen MR) is 75.4 cm³/mol. The Morgan fingerprint density at radius 1 is 1.18 bits per heavy atom. The summed E-state index contributed by atoms with van der Waals surface area (Å²) in [5.41, 5.74) is 10.4. The number of hydrogen-bond donors (Lipinski definition) is 1. The normalized spacial score (nSPS) is 14.1. The lowest BCUT2D eigenvalue weighted by molar-refractivity contribution is 0.158. The van der Waals surface area contributed by atoms with Crippen molar-refractivity contribution in [3.05, 3.63) is 34.9 Å². The standard InChI is InChI=1S/C15H26N2/c1-11-7-8-13(9-12(11)2)10-14(16)15(3,4)17(5)6/h7-9,14H,10,16H2,1-6H3. The van der Waals surface area contributed by atoms with Gasteiger partial charge in [-0.1, -0.05) is 18.2 Å². The van der Waals surface area contributed by atoms with Crippen molar-refractivity contribution < 1.29 is 0 Å². The molecule has 0 bridgehead atoms. The van der Waals surface area contributed by atoms with Gasteiger partial charge in [0.2, 0.25) is 0 Å². The van der Waals surface area contributed by atoms with E-state index in [0.29, 0.717) is 0 Å². The Kier molecular flexibility index (Phi) is 4.34. The quantitative estimate of drug-likeness (QED) is 0.867. The summed E-state index contributed by atoms with van der Waals surface area (Å²) in [6, 6.07) is 6.76. The number of likely N-dealkylation sites (N-methyl/N-ethyl adjacent to an activating group) is 1. The monoisotopic (exact) mass is 234 g/mol. The number of nitrogens with two attached hydrogens (primary N) is 1. The summed E-state index contributed by atoms with van der Waals surface area (Å²) in [5.74, 6) is 0. The number of benzene rings is 1. The molecule has 0 heterocycles. The smallest absolute Gasteiger partial charge is 0.0301 e. The number of nitrogens with zero attached hydrogens (tertiary/aromatic N) is 1. The molecular formula is C15H26N2. The largest absolute Gasteiger partial charge is 0.326 e. The van der Waals surface area contributed by atoms with Crippen LogP contribution in [0.3, 0.4) is 0 Å². The van der Waals surface area contributed by atoms with Gasteiger partial charge < -0.3 is 10.6 Å². The molecule has 96 valence electrons. The molecule has 1 unspecified atom stereocenters. The van der Waals surface area contributed by atoms with Crippen molar-refractivity contribution in [3.63, 3.8) is 0 Å². The topological polar surface area (TPSA) is 29.3 Å². The maximum absolute atomic E-state index is 6.33. The lowest BCUT2D eigenvalue weighted by atomic mass is 9.88. The van der Waals surface area contributed by atoms with Gasteiger partial charge in [-0.25, -0.2) is 0 Å². The lowest BCUT2D eigenvalue weighted by Gasteiger charge is -2.38. The second-order valence-corrected chi connectivity index (χ2v) is 5.78. The van der Waals surface area contributed by atoms with E-state index in [2.05, 4.69) is 64.9 Å². The molecule has 0 spiro atoms. The summed E-state index contributed by atoms with van der Waals surface area (Å²) < 4.78 is 0. The Balaban J connectivity index is 2.81. The maximum Gasteiger partial charge on any atom is 0.0301 e. The molecule has 1 atom stereocenters. The summed E-state index contributed by atoms with van der Waals surface area (Å²) in [6.45, 7) is 8.68. The summed E-state index contributed by atoms with van der Waals surface area (Å²) in [7, 11) is 4.17. The van der Waals surface area contributed by atoms with Crippen molar-refractivity contribution in [1.82, 2.24) is 4.90 Å². The molecule has 2 N–H and O–H groups in total. The fraction of sp³-hybridized carbons (Fsp3) is 0.600. The average Bonchev–Trinajstić information content (AvgIpc) is 2.23. The highest BCUT2D eigenvalue weighted by molar-refractivity contribution is 5.30. The van der Waals surface area contributed by atoms with E-state index in [1.165, 1.54) is 16.7 Å². The fourth-order valence-electron chi connectivity index (χ4n) is 1.77. The van der Waals surface area contributed by atoms with Gasteiger partial charge in [0, 0.05) is 11.6 Å². The van der Waals surface area contributed by atoms with Crippen molar-refractivity contribution in [2.75, 3.05) is 14.1 Å². The van der Waals surface area contributed by atoms with Gasteiger partial charge in [-0.05, 0) is 64.9 Å². The van der Waals surface area contributed by atoms with Gasteiger partial charge in [0.25, 0.3) is 0 Å². The molecule has 0 aromatic heterocycles. The molecule has 1 aromatic carbocycles. The van der Waals surface area contributed by atoms with Gasteiger partial charge in [0.1, 0.15) is 0 Å². The van der Waals surface area contributed by atoms with Crippen LogP contribution in [-0.4, -0.2) is 30.6 Å². The SMILES string of the molecule is Cc1ccc(CC(N)C(C)(C)N(C)C)cc1C. The first-order valence-corrected chi connectivity index (χ1v) is 6.24. The fourth-order valence-corrected chi connectivity index (χ4v) is 1.77. The van der Waals surface area contributed by atoms with E-state index >= 15 is 0 Å². The van der Waals surface area contributed by atoms with E-state index in [1.54, 1.807) is 0 Å². The van der Waals surface area contributed by atoms with E-state index in [-0.39, 0.29) is 11.6 Å². The Hall–Kier alpha value is -0.860. The molecule has 0 aliphatic carbocycles. The van der Waals surface area contributed by atoms with Gasteiger partial charge in [0.15, 0.2) is 0 Å². The van der Waals surface area contributed by atoms with Crippen LogP contribution in [-0.2, 0) is 6.42 Å². The Morgan fingerprint density at radius 2 is 1.76 bits per heavy atom. The van der Waals surface area contributed by atoms with Crippen molar-refractivity contribution in [2.45, 2.75) is 45.7 Å². The first-order chi connectivity index (χ1) is 7.75. The molecule has 0 fully saturated rings. The zero-order valence-electron chi connectivity index (χ0n) is 12.0.